The van der Waals surface area contributed by atoms with Gasteiger partial charge in [0.1, 0.15) is 11.2 Å². The number of hydrogen-bond acceptors (Lipinski definition) is 2. The van der Waals surface area contributed by atoms with Gasteiger partial charge in [-0.05, 0) is 145 Å². The van der Waals surface area contributed by atoms with Crippen molar-refractivity contribution in [3.63, 3.8) is 0 Å². The Morgan fingerprint density at radius 1 is 0.275 bits per heavy atom. The van der Waals surface area contributed by atoms with Crippen molar-refractivity contribution in [2.24, 2.45) is 0 Å². The van der Waals surface area contributed by atoms with Gasteiger partial charge in [-0.25, -0.2) is 0 Å². The van der Waals surface area contributed by atoms with Crippen LogP contribution < -0.4 is 4.90 Å². The van der Waals surface area contributed by atoms with Gasteiger partial charge < -0.3 is 13.9 Å². The second-order valence-corrected chi connectivity index (χ2v) is 18.1. The molecule has 3 nitrogen and oxygen atoms in total. The van der Waals surface area contributed by atoms with Crippen LogP contribution in [-0.4, -0.2) is 4.57 Å². The van der Waals surface area contributed by atoms with Gasteiger partial charge in [0, 0.05) is 49.7 Å². The Kier molecular flexibility index (Phi) is 8.90. The first-order valence-corrected chi connectivity index (χ1v) is 23.6. The molecule has 0 atom stereocenters. The zero-order valence-electron chi connectivity index (χ0n) is 37.6. The van der Waals surface area contributed by atoms with Crippen LogP contribution in [0.25, 0.3) is 115 Å². The monoisotopic (exact) mass is 878 g/mol. The summed E-state index contributed by atoms with van der Waals surface area (Å²) in [4.78, 5) is 2.37. The van der Waals surface area contributed by atoms with Gasteiger partial charge in [0.25, 0.3) is 0 Å². The molecule has 0 amide bonds. The number of nitrogens with zero attached hydrogens (tertiary/aromatic N) is 2. The summed E-state index contributed by atoms with van der Waals surface area (Å²) in [7, 11) is 0. The predicted octanol–water partition coefficient (Wildman–Crippen LogP) is 18.6. The first-order chi connectivity index (χ1) is 34.2. The van der Waals surface area contributed by atoms with Crippen LogP contribution in [0.2, 0.25) is 0 Å². The van der Waals surface area contributed by atoms with E-state index in [4.69, 9.17) is 4.42 Å². The lowest BCUT2D eigenvalue weighted by Crippen LogP contribution is -2.10. The van der Waals surface area contributed by atoms with Crippen molar-refractivity contribution < 1.29 is 4.42 Å². The quantitative estimate of drug-likeness (QED) is 0.149. The average molecular weight is 879 g/mol. The summed E-state index contributed by atoms with van der Waals surface area (Å²) in [6.45, 7) is 0. The lowest BCUT2D eigenvalue weighted by Gasteiger charge is -2.26. The van der Waals surface area contributed by atoms with Gasteiger partial charge >= 0.3 is 0 Å². The molecule has 14 aromatic rings. The molecule has 0 saturated carbocycles. The first-order valence-electron chi connectivity index (χ1n) is 23.6. The highest BCUT2D eigenvalue weighted by Gasteiger charge is 2.17. The number of fused-ring (bicyclic) bond motifs is 11. The van der Waals surface area contributed by atoms with Crippen molar-refractivity contribution in [1.29, 1.82) is 0 Å². The van der Waals surface area contributed by atoms with Gasteiger partial charge in [-0.1, -0.05) is 170 Å². The van der Waals surface area contributed by atoms with E-state index < -0.39 is 0 Å². The van der Waals surface area contributed by atoms with Gasteiger partial charge in [-0.15, -0.1) is 0 Å². The summed E-state index contributed by atoms with van der Waals surface area (Å²) in [5.41, 5.74) is 15.5. The van der Waals surface area contributed by atoms with E-state index in [1.54, 1.807) is 0 Å². The number of para-hydroxylation sites is 2. The maximum Gasteiger partial charge on any atom is 0.143 e. The molecule has 0 saturated heterocycles. The molecule has 0 unspecified atom stereocenters. The number of furan rings is 1. The molecular formula is C66H42N2O. The molecule has 14 rings (SSSR count). The van der Waals surface area contributed by atoms with Crippen molar-refractivity contribution in [3.05, 3.63) is 255 Å². The Morgan fingerprint density at radius 2 is 0.768 bits per heavy atom. The highest BCUT2D eigenvalue weighted by atomic mass is 16.3. The molecule has 3 heteroatoms. The zero-order valence-corrected chi connectivity index (χ0v) is 37.6. The minimum absolute atomic E-state index is 0.893. The van der Waals surface area contributed by atoms with E-state index >= 15 is 0 Å². The Labute approximate surface area is 399 Å². The van der Waals surface area contributed by atoms with Crippen LogP contribution in [0.1, 0.15) is 0 Å². The summed E-state index contributed by atoms with van der Waals surface area (Å²) >= 11 is 0. The second kappa shape index (κ2) is 15.7. The number of anilines is 3. The molecule has 322 valence electrons. The largest absolute Gasteiger partial charge is 0.455 e. The minimum Gasteiger partial charge on any atom is -0.455 e. The summed E-state index contributed by atoms with van der Waals surface area (Å²) in [6.07, 6.45) is 0. The molecule has 0 N–H and O–H groups in total. The molecule has 0 fully saturated rings. The third kappa shape index (κ3) is 6.51. The van der Waals surface area contributed by atoms with Crippen LogP contribution in [0.3, 0.4) is 0 Å². The van der Waals surface area contributed by atoms with Crippen LogP contribution in [0.5, 0.6) is 0 Å². The minimum atomic E-state index is 0.893. The Bertz CT molecular complexity index is 4260. The number of benzene rings is 12. The third-order valence-electron chi connectivity index (χ3n) is 14.1. The van der Waals surface area contributed by atoms with Gasteiger partial charge in [0.15, 0.2) is 0 Å². The fourth-order valence-corrected chi connectivity index (χ4v) is 10.8. The smallest absolute Gasteiger partial charge is 0.143 e. The maximum atomic E-state index is 6.59. The van der Waals surface area contributed by atoms with Crippen LogP contribution in [-0.2, 0) is 0 Å². The van der Waals surface area contributed by atoms with Crippen LogP contribution >= 0.6 is 0 Å². The van der Waals surface area contributed by atoms with Crippen molar-refractivity contribution in [2.45, 2.75) is 0 Å². The molecule has 0 radical (unpaired) electrons. The molecule has 0 aliphatic carbocycles. The van der Waals surface area contributed by atoms with Crippen LogP contribution in [0.4, 0.5) is 17.1 Å². The molecule has 0 bridgehead atoms. The number of hydrogen-bond donors (Lipinski definition) is 0. The van der Waals surface area contributed by atoms with Gasteiger partial charge in [0.05, 0.1) is 11.0 Å². The van der Waals surface area contributed by atoms with Crippen molar-refractivity contribution in [2.75, 3.05) is 4.90 Å². The standard InChI is InChI=1S/C66H42N2O/c1-3-17-56-45(11-1)23-24-51-39-49(30-36-57(51)56)48-14-10-15-54(41-48)67(53-34-27-44(28-35-53)50-31-37-61-62-38-29-46-12-2-4-18-58(46)66(62)69-65(61)42-50)52-32-25-43(26-33-52)47-13-9-16-55(40-47)68-63-21-7-5-19-59(63)60-20-6-8-22-64(60)68/h1-42H. The van der Waals surface area contributed by atoms with Gasteiger partial charge in [-0.2, -0.15) is 0 Å². The molecule has 2 heterocycles. The molecule has 0 aliphatic heterocycles. The highest BCUT2D eigenvalue weighted by molar-refractivity contribution is 6.15. The van der Waals surface area contributed by atoms with E-state index in [0.717, 1.165) is 77.9 Å². The molecule has 0 spiro atoms. The van der Waals surface area contributed by atoms with Crippen molar-refractivity contribution in [1.82, 2.24) is 4.57 Å². The molecule has 2 aromatic heterocycles. The predicted molar refractivity (Wildman–Crippen MR) is 292 cm³/mol. The van der Waals surface area contributed by atoms with E-state index in [1.807, 2.05) is 0 Å². The van der Waals surface area contributed by atoms with Gasteiger partial charge in [-0.3, -0.25) is 0 Å². The van der Waals surface area contributed by atoms with Crippen molar-refractivity contribution in [3.8, 4) is 39.1 Å². The van der Waals surface area contributed by atoms with Gasteiger partial charge in [0.2, 0.25) is 0 Å². The zero-order chi connectivity index (χ0) is 45.4. The van der Waals surface area contributed by atoms with E-state index in [1.165, 1.54) is 54.3 Å². The van der Waals surface area contributed by atoms with E-state index in [-0.39, 0.29) is 0 Å². The summed E-state index contributed by atoms with van der Waals surface area (Å²) < 4.78 is 8.97. The lowest BCUT2D eigenvalue weighted by molar-refractivity contribution is 0.673. The fourth-order valence-electron chi connectivity index (χ4n) is 10.8. The van der Waals surface area contributed by atoms with Crippen LogP contribution in [0.15, 0.2) is 259 Å². The van der Waals surface area contributed by atoms with Crippen LogP contribution in [0, 0.1) is 0 Å². The van der Waals surface area contributed by atoms with E-state index in [9.17, 15) is 0 Å². The highest BCUT2D eigenvalue weighted by Crippen LogP contribution is 2.41. The number of aromatic nitrogens is 1. The molecule has 69 heavy (non-hydrogen) atoms. The molecule has 12 aromatic carbocycles. The molecule has 0 aliphatic rings. The van der Waals surface area contributed by atoms with Crippen molar-refractivity contribution >= 4 is 93.1 Å². The number of rotatable bonds is 7. The average Bonchev–Trinajstić information content (AvgIpc) is 3.97. The Morgan fingerprint density at radius 3 is 1.48 bits per heavy atom. The molecular weight excluding hydrogens is 837 g/mol. The maximum absolute atomic E-state index is 6.59. The SMILES string of the molecule is c1cc(-c2ccc3c(ccc4ccccc43)c2)cc(N(c2ccc(-c3cccc(-n4c5ccccc5c5ccccc54)c3)cc2)c2ccc(-c3ccc4c(c3)oc3c5ccccc5ccc43)cc2)c1. The third-order valence-corrected chi connectivity index (χ3v) is 14.1. The Hall–Kier alpha value is -9.18. The second-order valence-electron chi connectivity index (χ2n) is 18.1. The fraction of sp³-hybridized carbons (Fsp3) is 0. The topological polar surface area (TPSA) is 21.3 Å². The first kappa shape index (κ1) is 39.0. The summed E-state index contributed by atoms with van der Waals surface area (Å²) in [5, 5.41) is 12.1. The van der Waals surface area contributed by atoms with E-state index in [2.05, 4.69) is 264 Å². The van der Waals surface area contributed by atoms with E-state index in [0.29, 0.717) is 0 Å². The normalized spacial score (nSPS) is 11.8. The Balaban J connectivity index is 0.850. The summed E-state index contributed by atoms with van der Waals surface area (Å²) in [6, 6.07) is 92.5. The lowest BCUT2D eigenvalue weighted by atomic mass is 9.97. The summed E-state index contributed by atoms with van der Waals surface area (Å²) in [5.74, 6) is 0.